The summed E-state index contributed by atoms with van der Waals surface area (Å²) in [6.45, 7) is 0. The number of hydrogen-bond donors (Lipinski definition) is 0. The topological polar surface area (TPSA) is 56.0 Å². The molecule has 0 amide bonds. The number of aryl methyl sites for hydroxylation is 1. The molecular formula is C24H23N5O. The van der Waals surface area contributed by atoms with Crippen molar-refractivity contribution >= 4 is 27.4 Å². The number of fused-ring (bicyclic) bond motifs is 4. The fraction of sp³-hybridized carbons (Fsp3) is 0.292. The van der Waals surface area contributed by atoms with Crippen molar-refractivity contribution in [3.05, 3.63) is 70.9 Å². The fourth-order valence-corrected chi connectivity index (χ4v) is 5.05. The van der Waals surface area contributed by atoms with Gasteiger partial charge in [0.05, 0.1) is 22.1 Å². The Labute approximate surface area is 174 Å². The first-order valence-corrected chi connectivity index (χ1v) is 10.4. The number of likely N-dealkylation sites (N-methyl/N-ethyl adjacent to an activating group) is 1. The van der Waals surface area contributed by atoms with Crippen molar-refractivity contribution in [2.24, 2.45) is 7.05 Å². The van der Waals surface area contributed by atoms with Gasteiger partial charge in [-0.3, -0.25) is 18.9 Å². The van der Waals surface area contributed by atoms with Crippen molar-refractivity contribution in [2.75, 3.05) is 7.05 Å². The van der Waals surface area contributed by atoms with Gasteiger partial charge in [0.2, 0.25) is 0 Å². The van der Waals surface area contributed by atoms with Crippen LogP contribution in [0, 0.1) is 0 Å². The number of benzene rings is 2. The fourth-order valence-electron chi connectivity index (χ4n) is 5.05. The van der Waals surface area contributed by atoms with Crippen molar-refractivity contribution < 1.29 is 0 Å². The molecule has 2 aromatic heterocycles. The van der Waals surface area contributed by atoms with E-state index in [1.54, 1.807) is 15.6 Å². The van der Waals surface area contributed by atoms with Crippen molar-refractivity contribution in [3.63, 3.8) is 0 Å². The maximum absolute atomic E-state index is 13.4. The lowest BCUT2D eigenvalue weighted by molar-refractivity contribution is 0.264. The minimum Gasteiger partial charge on any atom is -0.297 e. The minimum absolute atomic E-state index is 0.0402. The van der Waals surface area contributed by atoms with Gasteiger partial charge in [0.1, 0.15) is 6.33 Å². The largest absolute Gasteiger partial charge is 0.297 e. The molecule has 0 aliphatic carbocycles. The molecule has 2 bridgehead atoms. The summed E-state index contributed by atoms with van der Waals surface area (Å²) in [5.41, 5.74) is 4.91. The molecule has 6 heteroatoms. The molecule has 1 fully saturated rings. The quantitative estimate of drug-likeness (QED) is 0.519. The van der Waals surface area contributed by atoms with Gasteiger partial charge in [-0.15, -0.1) is 0 Å². The summed E-state index contributed by atoms with van der Waals surface area (Å²) in [5.74, 6) is 0. The van der Waals surface area contributed by atoms with Gasteiger partial charge < -0.3 is 0 Å². The molecule has 4 heterocycles. The first kappa shape index (κ1) is 17.6. The highest BCUT2D eigenvalue weighted by Crippen LogP contribution is 2.37. The van der Waals surface area contributed by atoms with Gasteiger partial charge >= 0.3 is 0 Å². The normalized spacial score (nSPS) is 21.5. The third-order valence-corrected chi connectivity index (χ3v) is 6.75. The number of rotatable bonds is 2. The monoisotopic (exact) mass is 397 g/mol. The first-order chi connectivity index (χ1) is 14.6. The van der Waals surface area contributed by atoms with Crippen LogP contribution in [0.5, 0.6) is 0 Å². The SMILES string of the molecule is CN1[C@H]2CC[C@@H]1C=C(c1ccc3ncn(-c4ccc5nn(C)cc5c4)c(=O)c3c1)C2. The molecule has 2 aliphatic heterocycles. The number of nitrogens with zero attached hydrogens (tertiary/aromatic N) is 5. The Morgan fingerprint density at radius 1 is 1.03 bits per heavy atom. The Morgan fingerprint density at radius 3 is 2.77 bits per heavy atom. The van der Waals surface area contributed by atoms with Crippen LogP contribution in [0.1, 0.15) is 24.8 Å². The van der Waals surface area contributed by atoms with Crippen molar-refractivity contribution in [1.29, 1.82) is 0 Å². The Morgan fingerprint density at radius 2 is 1.90 bits per heavy atom. The van der Waals surface area contributed by atoms with E-state index in [2.05, 4.69) is 34.2 Å². The smallest absolute Gasteiger partial charge is 0.265 e. The molecule has 0 N–H and O–H groups in total. The van der Waals surface area contributed by atoms with Crippen LogP contribution in [0.2, 0.25) is 0 Å². The van der Waals surface area contributed by atoms with Gasteiger partial charge in [-0.1, -0.05) is 12.1 Å². The lowest BCUT2D eigenvalue weighted by atomic mass is 9.94. The average molecular weight is 397 g/mol. The zero-order valence-electron chi connectivity index (χ0n) is 17.1. The van der Waals surface area contributed by atoms with E-state index in [4.69, 9.17) is 0 Å². The molecule has 6 rings (SSSR count). The lowest BCUT2D eigenvalue weighted by Crippen LogP contribution is -2.34. The molecule has 0 unspecified atom stereocenters. The van der Waals surface area contributed by atoms with Crippen molar-refractivity contribution in [2.45, 2.75) is 31.3 Å². The van der Waals surface area contributed by atoms with E-state index < -0.39 is 0 Å². The van der Waals surface area contributed by atoms with Crippen molar-refractivity contribution in [3.8, 4) is 5.69 Å². The third-order valence-electron chi connectivity index (χ3n) is 6.75. The summed E-state index contributed by atoms with van der Waals surface area (Å²) in [7, 11) is 4.12. The van der Waals surface area contributed by atoms with Gasteiger partial charge in [-0.05, 0) is 67.8 Å². The van der Waals surface area contributed by atoms with E-state index in [0.29, 0.717) is 17.5 Å². The van der Waals surface area contributed by atoms with Gasteiger partial charge in [-0.25, -0.2) is 4.98 Å². The predicted octanol–water partition coefficient (Wildman–Crippen LogP) is 3.52. The van der Waals surface area contributed by atoms with E-state index in [0.717, 1.165) is 34.1 Å². The molecule has 150 valence electrons. The van der Waals surface area contributed by atoms with E-state index in [1.807, 2.05) is 43.6 Å². The molecule has 2 atom stereocenters. The van der Waals surface area contributed by atoms with Gasteiger partial charge in [0.25, 0.3) is 5.56 Å². The van der Waals surface area contributed by atoms with Crippen LogP contribution in [0.3, 0.4) is 0 Å². The minimum atomic E-state index is -0.0402. The zero-order valence-corrected chi connectivity index (χ0v) is 17.1. The van der Waals surface area contributed by atoms with E-state index in [9.17, 15) is 4.79 Å². The predicted molar refractivity (Wildman–Crippen MR) is 119 cm³/mol. The second kappa shape index (κ2) is 6.37. The maximum atomic E-state index is 13.4. The summed E-state index contributed by atoms with van der Waals surface area (Å²) in [5, 5.41) is 6.07. The number of hydrogen-bond acceptors (Lipinski definition) is 4. The lowest BCUT2D eigenvalue weighted by Gasteiger charge is -2.30. The van der Waals surface area contributed by atoms with Crippen LogP contribution in [0.25, 0.3) is 33.1 Å². The van der Waals surface area contributed by atoms with Crippen LogP contribution in [-0.2, 0) is 7.05 Å². The Kier molecular flexibility index (Phi) is 3.74. The Hall–Kier alpha value is -3.25. The summed E-state index contributed by atoms with van der Waals surface area (Å²) in [6, 6.07) is 13.1. The molecule has 6 nitrogen and oxygen atoms in total. The molecular weight excluding hydrogens is 374 g/mol. The van der Waals surface area contributed by atoms with E-state index >= 15 is 0 Å². The summed E-state index contributed by atoms with van der Waals surface area (Å²) >= 11 is 0. The molecule has 2 aliphatic rings. The van der Waals surface area contributed by atoms with Crippen molar-refractivity contribution in [1.82, 2.24) is 24.2 Å². The highest BCUT2D eigenvalue weighted by Gasteiger charge is 2.33. The zero-order chi connectivity index (χ0) is 20.4. The molecule has 2 aromatic carbocycles. The summed E-state index contributed by atoms with van der Waals surface area (Å²) < 4.78 is 3.41. The Bertz CT molecular complexity index is 1400. The van der Waals surface area contributed by atoms with Crippen LogP contribution >= 0.6 is 0 Å². The maximum Gasteiger partial charge on any atom is 0.265 e. The van der Waals surface area contributed by atoms with Crippen LogP contribution in [0.4, 0.5) is 0 Å². The molecule has 0 radical (unpaired) electrons. The molecule has 0 spiro atoms. The molecule has 30 heavy (non-hydrogen) atoms. The van der Waals surface area contributed by atoms with Crippen LogP contribution in [-0.4, -0.2) is 43.4 Å². The second-order valence-corrected chi connectivity index (χ2v) is 8.56. The van der Waals surface area contributed by atoms with Crippen LogP contribution in [0.15, 0.2) is 59.8 Å². The summed E-state index contributed by atoms with van der Waals surface area (Å²) in [4.78, 5) is 20.4. The first-order valence-electron chi connectivity index (χ1n) is 10.4. The Balaban J connectivity index is 1.46. The standard InChI is InChI=1S/C24H23N5O/c1-27-13-17-11-20(6-8-22(17)26-27)29-14-25-23-7-3-15(12-21(23)24(29)30)16-9-18-4-5-19(10-16)28(18)2/h3,6-9,11-14,18-19H,4-5,10H2,1-2H3/t18-,19+/m1/s1. The van der Waals surface area contributed by atoms with Gasteiger partial charge in [0.15, 0.2) is 0 Å². The third kappa shape index (κ3) is 2.64. The molecule has 0 saturated carbocycles. The van der Waals surface area contributed by atoms with E-state index in [1.165, 1.54) is 18.4 Å². The van der Waals surface area contributed by atoms with Gasteiger partial charge in [0, 0.05) is 30.7 Å². The molecule has 4 aromatic rings. The van der Waals surface area contributed by atoms with Gasteiger partial charge in [-0.2, -0.15) is 5.10 Å². The number of aromatic nitrogens is 4. The molecule has 1 saturated heterocycles. The average Bonchev–Trinajstić information content (AvgIpc) is 3.19. The van der Waals surface area contributed by atoms with Crippen LogP contribution < -0.4 is 5.56 Å². The summed E-state index contributed by atoms with van der Waals surface area (Å²) in [6.07, 6.45) is 9.48. The second-order valence-electron chi connectivity index (χ2n) is 8.56. The van der Waals surface area contributed by atoms with E-state index in [-0.39, 0.29) is 5.56 Å². The highest BCUT2D eigenvalue weighted by atomic mass is 16.1. The highest BCUT2D eigenvalue weighted by molar-refractivity contribution is 5.84.